The Hall–Kier alpha value is -5.20. The van der Waals surface area contributed by atoms with Crippen molar-refractivity contribution in [2.75, 3.05) is 13.1 Å². The van der Waals surface area contributed by atoms with Crippen molar-refractivity contribution in [3.63, 3.8) is 0 Å². The van der Waals surface area contributed by atoms with Crippen LogP contribution in [0, 0.1) is 80.8 Å². The number of fused-ring (bicyclic) bond motifs is 12. The Morgan fingerprint density at radius 2 is 1.00 bits per heavy atom. The maximum absolute atomic E-state index is 13.6. The van der Waals surface area contributed by atoms with E-state index in [2.05, 4.69) is 67.5 Å². The molecule has 14 rings (SSSR count). The first-order chi connectivity index (χ1) is 44.1. The highest BCUT2D eigenvalue weighted by Gasteiger charge is 2.64. The van der Waals surface area contributed by atoms with E-state index in [1.165, 1.54) is 28.7 Å². The Morgan fingerprint density at radius 1 is 0.558 bits per heavy atom. The molecule has 0 radical (unpaired) electrons. The van der Waals surface area contributed by atoms with Crippen molar-refractivity contribution in [3.8, 4) is 0 Å². The molecule has 4 saturated heterocycles. The number of rotatable bonds is 6. The van der Waals surface area contributed by atoms with Gasteiger partial charge in [-0.05, 0) is 227 Å². The summed E-state index contributed by atoms with van der Waals surface area (Å²) in [6, 6.07) is 20.0. The standard InChI is InChI=1S/C41H57NO5.C40H55NO5.2CH4/c1-25-19-35-36(42(23-25)38(44)45-24-28-11-9-8-10-12-28)27(3)41(47-35)18-16-31-32-14-13-29-20-30(46-37(43)39(4,5)6)15-17-40(29,7)34(32)21-33(31)26(2)22-41;1-24-19-34-35(41(22-24)37(43)44-23-27-11-9-8-10-12-27)26(3)40(46-34)18-16-30-31-14-13-28-20-29(45-36(42)38(4,5)6)15-17-39(28,7)33(31)21-32(30)25(40)2;;/h8-13,25,27,30-32,34-36H,14-24H2,1-7H3;8-13,24,26,29-31,33-35H,14-23H2,1-7H3;2*1H4/t25-,27+,30-,31-,32-,34-,35+,36-,40-,41-;24-,26+,29-,30-,31-,33-,34+,35-,39-,40-;;/m00../s1. The van der Waals surface area contributed by atoms with Crippen molar-refractivity contribution in [2.45, 2.75) is 282 Å². The highest BCUT2D eigenvalue weighted by molar-refractivity contribution is 5.76. The molecule has 20 atom stereocenters. The van der Waals surface area contributed by atoms with Crippen LogP contribution in [0.15, 0.2) is 106 Å². The van der Waals surface area contributed by atoms with E-state index in [0.29, 0.717) is 60.6 Å². The zero-order valence-corrected chi connectivity index (χ0v) is 59.0. The molecule has 12 nitrogen and oxygen atoms in total. The van der Waals surface area contributed by atoms with E-state index in [0.717, 1.165) is 127 Å². The lowest BCUT2D eigenvalue weighted by molar-refractivity contribution is -0.161. The van der Waals surface area contributed by atoms with Crippen LogP contribution in [-0.2, 0) is 51.2 Å². The van der Waals surface area contributed by atoms with Gasteiger partial charge in [-0.1, -0.05) is 157 Å². The van der Waals surface area contributed by atoms with Crippen LogP contribution in [0.5, 0.6) is 0 Å². The molecule has 4 aliphatic heterocycles. The lowest BCUT2D eigenvalue weighted by atomic mass is 9.56. The Kier molecular flexibility index (Phi) is 20.1. The fourth-order valence-corrected chi connectivity index (χ4v) is 21.6. The van der Waals surface area contributed by atoms with Crippen molar-refractivity contribution in [2.24, 2.45) is 80.8 Å². The molecule has 4 saturated carbocycles. The van der Waals surface area contributed by atoms with Crippen LogP contribution in [0.25, 0.3) is 0 Å². The number of hydrogen-bond donors (Lipinski definition) is 0. The summed E-state index contributed by atoms with van der Waals surface area (Å²) in [4.78, 5) is 56.6. The fourth-order valence-electron chi connectivity index (χ4n) is 21.6. The molecule has 2 spiro atoms. The number of allylic oxidation sites excluding steroid dienone is 4. The lowest BCUT2D eigenvalue weighted by Gasteiger charge is -2.49. The average molecular weight is 1310 g/mol. The predicted molar refractivity (Wildman–Crippen MR) is 375 cm³/mol. The Bertz CT molecular complexity index is 3300. The molecule has 0 unspecified atom stereocenters. The number of ether oxygens (including phenoxy) is 6. The monoisotopic (exact) mass is 1300 g/mol. The number of piperidine rings is 2. The normalized spacial score (nSPS) is 39.1. The van der Waals surface area contributed by atoms with E-state index in [-0.39, 0.29) is 109 Å². The number of benzene rings is 2. The molecule has 4 heterocycles. The van der Waals surface area contributed by atoms with Crippen LogP contribution in [0.1, 0.15) is 232 Å². The number of nitrogens with zero attached hydrogens (tertiary/aromatic N) is 2. The zero-order valence-electron chi connectivity index (χ0n) is 59.0. The van der Waals surface area contributed by atoms with Gasteiger partial charge in [0.2, 0.25) is 0 Å². The number of esters is 2. The molecule has 2 aromatic carbocycles. The van der Waals surface area contributed by atoms with Crippen LogP contribution in [0.4, 0.5) is 9.59 Å². The number of likely N-dealkylation sites (tertiary alicyclic amines) is 2. The minimum atomic E-state index is -0.470. The summed E-state index contributed by atoms with van der Waals surface area (Å²) < 4.78 is 38.3. The van der Waals surface area contributed by atoms with E-state index < -0.39 is 10.8 Å². The minimum Gasteiger partial charge on any atom is -0.462 e. The van der Waals surface area contributed by atoms with Crippen molar-refractivity contribution < 1.29 is 47.6 Å². The Balaban J connectivity index is 0.000000189. The van der Waals surface area contributed by atoms with Crippen molar-refractivity contribution in [3.05, 3.63) is 117 Å². The van der Waals surface area contributed by atoms with E-state index in [1.54, 1.807) is 11.1 Å². The summed E-state index contributed by atoms with van der Waals surface area (Å²) >= 11 is 0. The number of amides is 2. The van der Waals surface area contributed by atoms with Gasteiger partial charge in [-0.2, -0.15) is 0 Å². The van der Waals surface area contributed by atoms with E-state index in [1.807, 2.05) is 112 Å². The van der Waals surface area contributed by atoms with Gasteiger partial charge in [0, 0.05) is 37.8 Å². The number of carbonyl (C=O) groups excluding carboxylic acids is 4. The van der Waals surface area contributed by atoms with Crippen LogP contribution in [-0.4, -0.2) is 94.7 Å². The first kappa shape index (κ1) is 71.1. The predicted octanol–water partition coefficient (Wildman–Crippen LogP) is 19.0. The number of hydrogen-bond acceptors (Lipinski definition) is 10. The Labute approximate surface area is 571 Å². The van der Waals surface area contributed by atoms with Gasteiger partial charge < -0.3 is 38.2 Å². The molecule has 95 heavy (non-hydrogen) atoms. The van der Waals surface area contributed by atoms with E-state index in [9.17, 15) is 19.2 Å². The van der Waals surface area contributed by atoms with Crippen LogP contribution in [0.3, 0.4) is 0 Å². The maximum Gasteiger partial charge on any atom is 0.410 e. The van der Waals surface area contributed by atoms with Gasteiger partial charge in [-0.3, -0.25) is 9.59 Å². The molecule has 8 aliphatic carbocycles. The smallest absolute Gasteiger partial charge is 0.410 e. The summed E-state index contributed by atoms with van der Waals surface area (Å²) in [7, 11) is 0. The van der Waals surface area contributed by atoms with Gasteiger partial charge in [0.15, 0.2) is 0 Å². The van der Waals surface area contributed by atoms with Gasteiger partial charge in [0.25, 0.3) is 0 Å². The second kappa shape index (κ2) is 26.8. The van der Waals surface area contributed by atoms with Crippen molar-refractivity contribution in [1.29, 1.82) is 0 Å². The van der Waals surface area contributed by atoms with Crippen molar-refractivity contribution >= 4 is 24.1 Å². The number of carbonyl (C=O) groups is 4. The molecule has 12 heteroatoms. The minimum absolute atomic E-state index is 0. The van der Waals surface area contributed by atoms with Crippen molar-refractivity contribution in [1.82, 2.24) is 9.80 Å². The molecular formula is C83H120N2O10. The average Bonchev–Trinajstić information content (AvgIpc) is 1.55. The third-order valence-corrected chi connectivity index (χ3v) is 26.8. The van der Waals surface area contributed by atoms with Gasteiger partial charge in [-0.25, -0.2) is 9.59 Å². The highest BCUT2D eigenvalue weighted by atomic mass is 16.6. The van der Waals surface area contributed by atoms with Gasteiger partial charge >= 0.3 is 24.1 Å². The molecule has 0 aromatic heterocycles. The third kappa shape index (κ3) is 12.9. The first-order valence-corrected chi connectivity index (χ1v) is 36.6. The highest BCUT2D eigenvalue weighted by Crippen LogP contribution is 2.67. The molecule has 12 aliphatic rings. The molecule has 0 N–H and O–H groups in total. The summed E-state index contributed by atoms with van der Waals surface area (Å²) in [5, 5.41) is 0. The lowest BCUT2D eigenvalue weighted by Crippen LogP contribution is -2.54. The quantitative estimate of drug-likeness (QED) is 0.157. The zero-order chi connectivity index (χ0) is 65.9. The molecule has 2 aromatic rings. The molecule has 522 valence electrons. The summed E-state index contributed by atoms with van der Waals surface area (Å²) in [5.74, 6) is 4.89. The van der Waals surface area contributed by atoms with Crippen LogP contribution in [0.2, 0.25) is 0 Å². The second-order valence-corrected chi connectivity index (χ2v) is 34.6. The largest absolute Gasteiger partial charge is 0.462 e. The maximum atomic E-state index is 13.6. The third-order valence-electron chi connectivity index (χ3n) is 26.8. The summed E-state index contributed by atoms with van der Waals surface area (Å²) in [6.45, 7) is 32.6. The topological polar surface area (TPSA) is 130 Å². The SMILES string of the molecule is C.C.CC1=C2C[C@H]3[C@@H](CC=C4C[C@@H](OC(=O)C(C)(C)C)CC[C@@]43C)[C@@H]2CC[C@@]2(C1)O[C@@H]1C[C@H](C)CN(C(=O)OCc3ccccc3)[C@H]1[C@H]2C.CC1=C2C[C@H]3[C@@H](CC=C4C[C@@H](OC(=O)C(C)(C)C)CC[C@@]43C)[C@@H]2CC[C@]12O[C@@H]1C[C@H](C)CN(C(=O)OCc3ccccc3)[C@H]1[C@H]2C. The van der Waals surface area contributed by atoms with Gasteiger partial charge in [-0.15, -0.1) is 0 Å². The van der Waals surface area contributed by atoms with E-state index >= 15 is 0 Å². The Morgan fingerprint density at radius 3 is 1.48 bits per heavy atom. The van der Waals surface area contributed by atoms with Gasteiger partial charge in [0.1, 0.15) is 25.4 Å². The second-order valence-electron chi connectivity index (χ2n) is 34.6. The molecule has 2 amide bonds. The molecular weight excluding hydrogens is 1180 g/mol. The molecule has 8 fully saturated rings. The van der Waals surface area contributed by atoms with E-state index in [4.69, 9.17) is 28.4 Å². The summed E-state index contributed by atoms with van der Waals surface area (Å²) in [6.07, 6.45) is 22.6. The van der Waals surface area contributed by atoms with Crippen LogP contribution >= 0.6 is 0 Å². The van der Waals surface area contributed by atoms with Crippen LogP contribution < -0.4 is 0 Å². The molecule has 0 bridgehead atoms. The fraction of sp³-hybridized carbons (Fsp3) is 0.711. The summed E-state index contributed by atoms with van der Waals surface area (Å²) in [5.41, 5.74) is 10.3. The first-order valence-electron chi connectivity index (χ1n) is 36.6. The van der Waals surface area contributed by atoms with Gasteiger partial charge in [0.05, 0.1) is 46.3 Å².